The summed E-state index contributed by atoms with van der Waals surface area (Å²) < 4.78 is 0. The molecule has 0 unspecified atom stereocenters. The predicted molar refractivity (Wildman–Crippen MR) is 58.0 cm³/mol. The van der Waals surface area contributed by atoms with Crippen LogP contribution in [-0.4, -0.2) is 0 Å². The molecule has 4 fully saturated rings. The molecule has 0 aromatic rings. The molecular formula is C14H22. The van der Waals surface area contributed by atoms with Crippen molar-refractivity contribution in [2.45, 2.75) is 64.2 Å². The monoisotopic (exact) mass is 190 g/mol. The van der Waals surface area contributed by atoms with Gasteiger partial charge in [0, 0.05) is 0 Å². The Bertz CT molecular complexity index is 231. The molecule has 0 saturated heterocycles. The number of rotatable bonds is 0. The van der Waals surface area contributed by atoms with Gasteiger partial charge in [-0.1, -0.05) is 25.7 Å². The van der Waals surface area contributed by atoms with Gasteiger partial charge in [0.1, 0.15) is 0 Å². The molecule has 0 nitrogen and oxygen atoms in total. The second kappa shape index (κ2) is 2.39. The minimum Gasteiger partial charge on any atom is -0.0525 e. The molecule has 0 atom stereocenters. The van der Waals surface area contributed by atoms with E-state index < -0.39 is 0 Å². The average molecular weight is 190 g/mol. The van der Waals surface area contributed by atoms with Gasteiger partial charge in [-0.3, -0.25) is 0 Å². The normalized spacial score (nSPS) is 46.3. The summed E-state index contributed by atoms with van der Waals surface area (Å²) in [7, 11) is 0. The summed E-state index contributed by atoms with van der Waals surface area (Å²) in [6.07, 6.45) is 16.0. The predicted octanol–water partition coefficient (Wildman–Crippen LogP) is 4.15. The van der Waals surface area contributed by atoms with Crippen molar-refractivity contribution in [3.63, 3.8) is 0 Å². The molecule has 0 aromatic heterocycles. The fourth-order valence-corrected chi connectivity index (χ4v) is 5.31. The maximum absolute atomic E-state index is 1.61. The number of hydrogen-bond acceptors (Lipinski definition) is 0. The van der Waals surface area contributed by atoms with E-state index in [1.54, 1.807) is 64.2 Å². The molecule has 0 aliphatic heterocycles. The zero-order valence-electron chi connectivity index (χ0n) is 9.23. The van der Waals surface area contributed by atoms with Crippen molar-refractivity contribution in [1.82, 2.24) is 0 Å². The van der Waals surface area contributed by atoms with Gasteiger partial charge in [0.05, 0.1) is 0 Å². The van der Waals surface area contributed by atoms with Gasteiger partial charge in [-0.2, -0.15) is 0 Å². The Kier molecular flexibility index (Phi) is 1.40. The minimum atomic E-state index is 0.917. The molecule has 0 N–H and O–H groups in total. The summed E-state index contributed by atoms with van der Waals surface area (Å²) in [6, 6.07) is 0. The fraction of sp³-hybridized carbons (Fsp3) is 1.00. The second-order valence-corrected chi connectivity index (χ2v) is 6.75. The molecule has 78 valence electrons. The third-order valence-electron chi connectivity index (χ3n) is 6.07. The first-order valence-corrected chi connectivity index (χ1v) is 6.85. The maximum Gasteiger partial charge on any atom is -0.0261 e. The lowest BCUT2D eigenvalue weighted by Crippen LogP contribution is -2.39. The molecule has 4 aliphatic carbocycles. The van der Waals surface area contributed by atoms with Crippen LogP contribution in [0, 0.1) is 22.7 Å². The van der Waals surface area contributed by atoms with Crippen molar-refractivity contribution in [3.05, 3.63) is 0 Å². The van der Waals surface area contributed by atoms with Crippen molar-refractivity contribution in [3.8, 4) is 0 Å². The van der Waals surface area contributed by atoms with E-state index in [4.69, 9.17) is 0 Å². The lowest BCUT2D eigenvalue weighted by molar-refractivity contribution is 0.0180. The van der Waals surface area contributed by atoms with Gasteiger partial charge >= 0.3 is 0 Å². The third kappa shape index (κ3) is 0.907. The molecule has 0 amide bonds. The SMILES string of the molecule is C1CC2CCCC3(CC3)C2C2(C1)CC2. The van der Waals surface area contributed by atoms with Crippen LogP contribution in [0.25, 0.3) is 0 Å². The summed E-state index contributed by atoms with van der Waals surface area (Å²) in [4.78, 5) is 0. The van der Waals surface area contributed by atoms with Crippen molar-refractivity contribution in [1.29, 1.82) is 0 Å². The Labute approximate surface area is 87.5 Å². The van der Waals surface area contributed by atoms with Gasteiger partial charge in [-0.15, -0.1) is 0 Å². The fourth-order valence-electron chi connectivity index (χ4n) is 5.31. The lowest BCUT2D eigenvalue weighted by atomic mass is 9.57. The van der Waals surface area contributed by atoms with E-state index in [0.717, 1.165) is 10.8 Å². The minimum absolute atomic E-state index is 0.917. The summed E-state index contributed by atoms with van der Waals surface area (Å²) in [5, 5.41) is 0. The molecule has 4 saturated carbocycles. The molecular weight excluding hydrogens is 168 g/mol. The quantitative estimate of drug-likeness (QED) is 0.538. The lowest BCUT2D eigenvalue weighted by Gasteiger charge is -2.47. The first-order valence-electron chi connectivity index (χ1n) is 6.85. The Morgan fingerprint density at radius 2 is 1.14 bits per heavy atom. The Balaban J connectivity index is 1.71. The number of fused-ring (bicyclic) bond motifs is 3. The Morgan fingerprint density at radius 1 is 0.643 bits per heavy atom. The van der Waals surface area contributed by atoms with Gasteiger partial charge in [-0.05, 0) is 61.2 Å². The zero-order valence-corrected chi connectivity index (χ0v) is 9.23. The van der Waals surface area contributed by atoms with Gasteiger partial charge in [0.2, 0.25) is 0 Å². The Morgan fingerprint density at radius 3 is 1.57 bits per heavy atom. The van der Waals surface area contributed by atoms with E-state index >= 15 is 0 Å². The smallest absolute Gasteiger partial charge is 0.0261 e. The highest BCUT2D eigenvalue weighted by Gasteiger charge is 2.65. The van der Waals surface area contributed by atoms with E-state index in [1.807, 2.05) is 0 Å². The maximum atomic E-state index is 1.61. The molecule has 14 heavy (non-hydrogen) atoms. The third-order valence-corrected chi connectivity index (χ3v) is 6.07. The van der Waals surface area contributed by atoms with Crippen LogP contribution in [0.2, 0.25) is 0 Å². The van der Waals surface area contributed by atoms with Gasteiger partial charge in [0.25, 0.3) is 0 Å². The molecule has 4 rings (SSSR count). The molecule has 4 aliphatic rings. The second-order valence-electron chi connectivity index (χ2n) is 6.75. The highest BCUT2D eigenvalue weighted by molar-refractivity contribution is 5.14. The summed E-state index contributed by atoms with van der Waals surface area (Å²) in [5.41, 5.74) is 1.83. The van der Waals surface area contributed by atoms with Crippen LogP contribution in [0.1, 0.15) is 64.2 Å². The van der Waals surface area contributed by atoms with Crippen LogP contribution in [0.4, 0.5) is 0 Å². The van der Waals surface area contributed by atoms with Crippen LogP contribution < -0.4 is 0 Å². The molecule has 0 bridgehead atoms. The molecule has 0 radical (unpaired) electrons. The molecule has 0 heterocycles. The van der Waals surface area contributed by atoms with Gasteiger partial charge < -0.3 is 0 Å². The van der Waals surface area contributed by atoms with Crippen molar-refractivity contribution in [2.24, 2.45) is 22.7 Å². The first kappa shape index (κ1) is 8.19. The molecule has 0 heteroatoms. The van der Waals surface area contributed by atoms with Crippen LogP contribution in [0.15, 0.2) is 0 Å². The van der Waals surface area contributed by atoms with E-state index in [0.29, 0.717) is 0 Å². The van der Waals surface area contributed by atoms with Crippen molar-refractivity contribution >= 4 is 0 Å². The van der Waals surface area contributed by atoms with E-state index in [2.05, 4.69) is 0 Å². The van der Waals surface area contributed by atoms with Gasteiger partial charge in [-0.25, -0.2) is 0 Å². The van der Waals surface area contributed by atoms with E-state index in [9.17, 15) is 0 Å². The van der Waals surface area contributed by atoms with Crippen molar-refractivity contribution in [2.75, 3.05) is 0 Å². The van der Waals surface area contributed by atoms with E-state index in [1.165, 1.54) is 11.8 Å². The van der Waals surface area contributed by atoms with Crippen LogP contribution >= 0.6 is 0 Å². The number of hydrogen-bond donors (Lipinski definition) is 0. The summed E-state index contributed by atoms with van der Waals surface area (Å²) >= 11 is 0. The van der Waals surface area contributed by atoms with E-state index in [-0.39, 0.29) is 0 Å². The molecule has 2 spiro atoms. The summed E-state index contributed by atoms with van der Waals surface area (Å²) in [5.74, 6) is 2.37. The highest BCUT2D eigenvalue weighted by atomic mass is 14.7. The van der Waals surface area contributed by atoms with Gasteiger partial charge in [0.15, 0.2) is 0 Å². The van der Waals surface area contributed by atoms with Crippen LogP contribution in [0.3, 0.4) is 0 Å². The standard InChI is InChI=1S/C14H22/c1-3-11-4-2-6-14(9-10-14)12(11)13(5-1)7-8-13/h11-12H,1-10H2. The first-order chi connectivity index (χ1) is 6.85. The van der Waals surface area contributed by atoms with Crippen molar-refractivity contribution < 1.29 is 0 Å². The van der Waals surface area contributed by atoms with Crippen LogP contribution in [-0.2, 0) is 0 Å². The zero-order chi connectivity index (χ0) is 9.23. The highest BCUT2D eigenvalue weighted by Crippen LogP contribution is 2.74. The van der Waals surface area contributed by atoms with Crippen LogP contribution in [0.5, 0.6) is 0 Å². The summed E-state index contributed by atoms with van der Waals surface area (Å²) in [6.45, 7) is 0. The molecule has 0 aromatic carbocycles. The largest absolute Gasteiger partial charge is 0.0525 e. The Hall–Kier alpha value is 0. The topological polar surface area (TPSA) is 0 Å². The average Bonchev–Trinajstić information content (AvgIpc) is 3.09.